The largest absolute Gasteiger partial charge is 0.464 e. The van der Waals surface area contributed by atoms with Gasteiger partial charge in [-0.15, -0.1) is 0 Å². The lowest BCUT2D eigenvalue weighted by Gasteiger charge is -2.24. The van der Waals surface area contributed by atoms with Crippen molar-refractivity contribution < 1.29 is 19.0 Å². The summed E-state index contributed by atoms with van der Waals surface area (Å²) >= 11 is 0. The lowest BCUT2D eigenvalue weighted by atomic mass is 10.3. The summed E-state index contributed by atoms with van der Waals surface area (Å²) in [4.78, 5) is 0. The normalized spacial score (nSPS) is 30.4. The summed E-state index contributed by atoms with van der Waals surface area (Å²) in [6.07, 6.45) is 0.590. The Bertz CT molecular complexity index is 223. The molecule has 0 bridgehead atoms. The summed E-state index contributed by atoms with van der Waals surface area (Å²) in [5, 5.41) is 9.04. The number of aliphatic hydroxyl groups is 1. The number of furan rings is 1. The Balaban J connectivity index is 1.99. The molecule has 0 radical (unpaired) electrons. The van der Waals surface area contributed by atoms with Gasteiger partial charge in [0, 0.05) is 0 Å². The van der Waals surface area contributed by atoms with Crippen LogP contribution < -0.4 is 0 Å². The van der Waals surface area contributed by atoms with Gasteiger partial charge in [-0.2, -0.15) is 0 Å². The Morgan fingerprint density at radius 2 is 2.08 bits per heavy atom. The first-order chi connectivity index (χ1) is 5.86. The molecule has 0 saturated carbocycles. The summed E-state index contributed by atoms with van der Waals surface area (Å²) in [6.45, 7) is 0.594. The summed E-state index contributed by atoms with van der Waals surface area (Å²) in [6, 6.07) is 3.55. The molecule has 4 heteroatoms. The van der Waals surface area contributed by atoms with E-state index < -0.39 is 12.4 Å². The van der Waals surface area contributed by atoms with Crippen LogP contribution in [0.25, 0.3) is 0 Å². The van der Waals surface area contributed by atoms with E-state index >= 15 is 0 Å². The summed E-state index contributed by atoms with van der Waals surface area (Å²) < 4.78 is 15.4. The number of rotatable bonds is 1. The Labute approximate surface area is 69.7 Å². The third-order valence-corrected chi connectivity index (χ3v) is 1.66. The second-order valence-electron chi connectivity index (χ2n) is 2.67. The van der Waals surface area contributed by atoms with Gasteiger partial charge in [-0.05, 0) is 12.1 Å². The van der Waals surface area contributed by atoms with E-state index in [4.69, 9.17) is 19.0 Å². The fourth-order valence-corrected chi connectivity index (χ4v) is 1.08. The molecule has 0 unspecified atom stereocenters. The molecule has 12 heavy (non-hydrogen) atoms. The van der Waals surface area contributed by atoms with Gasteiger partial charge in [0.25, 0.3) is 0 Å². The van der Waals surface area contributed by atoms with Crippen molar-refractivity contribution in [2.75, 3.05) is 13.2 Å². The predicted octanol–water partition coefficient (Wildman–Crippen LogP) is 0.686. The Morgan fingerprint density at radius 1 is 1.33 bits per heavy atom. The van der Waals surface area contributed by atoms with Gasteiger partial charge in [0.2, 0.25) is 6.29 Å². The highest BCUT2D eigenvalue weighted by Gasteiger charge is 2.23. The molecule has 4 nitrogen and oxygen atoms in total. The van der Waals surface area contributed by atoms with E-state index in [-0.39, 0.29) is 0 Å². The van der Waals surface area contributed by atoms with Crippen LogP contribution in [0, 0.1) is 0 Å². The minimum atomic E-state index is -0.517. The van der Waals surface area contributed by atoms with E-state index in [1.165, 1.54) is 0 Å². The monoisotopic (exact) mass is 170 g/mol. The second-order valence-corrected chi connectivity index (χ2v) is 2.67. The molecule has 1 N–H and O–H groups in total. The quantitative estimate of drug-likeness (QED) is 0.673. The van der Waals surface area contributed by atoms with E-state index in [0.717, 1.165) is 0 Å². The number of ether oxygens (including phenoxy) is 2. The van der Waals surface area contributed by atoms with Gasteiger partial charge in [-0.1, -0.05) is 0 Å². The number of aliphatic hydroxyl groups excluding tert-OH is 1. The zero-order valence-electron chi connectivity index (χ0n) is 6.47. The first kappa shape index (κ1) is 7.79. The topological polar surface area (TPSA) is 51.8 Å². The maximum atomic E-state index is 9.04. The SMILES string of the molecule is OC1COC(c2ccco2)OC1. The van der Waals surface area contributed by atoms with Crippen molar-refractivity contribution >= 4 is 0 Å². The first-order valence-electron chi connectivity index (χ1n) is 3.81. The van der Waals surface area contributed by atoms with Crippen LogP contribution in [0.15, 0.2) is 22.8 Å². The molecule has 1 fully saturated rings. The van der Waals surface area contributed by atoms with Crippen molar-refractivity contribution in [2.24, 2.45) is 0 Å². The fraction of sp³-hybridized carbons (Fsp3) is 0.500. The van der Waals surface area contributed by atoms with Crippen LogP contribution in [-0.4, -0.2) is 24.4 Å². The molecule has 1 aromatic heterocycles. The van der Waals surface area contributed by atoms with Crippen LogP contribution in [0.2, 0.25) is 0 Å². The van der Waals surface area contributed by atoms with Crippen molar-refractivity contribution in [3.8, 4) is 0 Å². The highest BCUT2D eigenvalue weighted by molar-refractivity contribution is 5.00. The smallest absolute Gasteiger partial charge is 0.217 e. The average Bonchev–Trinajstić information content (AvgIpc) is 2.58. The van der Waals surface area contributed by atoms with Crippen LogP contribution in [0.5, 0.6) is 0 Å². The lowest BCUT2D eigenvalue weighted by Crippen LogP contribution is -2.30. The molecule has 1 aliphatic heterocycles. The molecule has 0 aromatic carbocycles. The van der Waals surface area contributed by atoms with Gasteiger partial charge in [0.15, 0.2) is 5.76 Å². The third-order valence-electron chi connectivity index (χ3n) is 1.66. The molecule has 1 saturated heterocycles. The highest BCUT2D eigenvalue weighted by Crippen LogP contribution is 2.22. The summed E-state index contributed by atoms with van der Waals surface area (Å²) in [5.74, 6) is 0.641. The average molecular weight is 170 g/mol. The predicted molar refractivity (Wildman–Crippen MR) is 39.4 cm³/mol. The zero-order valence-corrected chi connectivity index (χ0v) is 6.47. The van der Waals surface area contributed by atoms with Gasteiger partial charge in [-0.25, -0.2) is 0 Å². The van der Waals surface area contributed by atoms with E-state index in [1.54, 1.807) is 18.4 Å². The van der Waals surface area contributed by atoms with E-state index in [0.29, 0.717) is 19.0 Å². The molecular weight excluding hydrogens is 160 g/mol. The van der Waals surface area contributed by atoms with Crippen molar-refractivity contribution in [1.29, 1.82) is 0 Å². The molecule has 66 valence electrons. The van der Waals surface area contributed by atoms with Crippen molar-refractivity contribution in [1.82, 2.24) is 0 Å². The lowest BCUT2D eigenvalue weighted by molar-refractivity contribution is -0.227. The first-order valence-corrected chi connectivity index (χ1v) is 3.81. The van der Waals surface area contributed by atoms with Gasteiger partial charge >= 0.3 is 0 Å². The van der Waals surface area contributed by atoms with Crippen LogP contribution >= 0.6 is 0 Å². The molecule has 2 heterocycles. The van der Waals surface area contributed by atoms with Crippen LogP contribution in [-0.2, 0) is 9.47 Å². The van der Waals surface area contributed by atoms with Crippen LogP contribution in [0.4, 0.5) is 0 Å². The minimum Gasteiger partial charge on any atom is -0.464 e. The molecule has 1 aromatic rings. The minimum absolute atomic E-state index is 0.297. The molecule has 0 amide bonds. The second kappa shape index (κ2) is 3.26. The standard InChI is InChI=1S/C8H10O4/c9-6-4-11-8(12-5-6)7-2-1-3-10-7/h1-3,6,8-9H,4-5H2. The van der Waals surface area contributed by atoms with Gasteiger partial charge in [0.1, 0.15) is 6.10 Å². The van der Waals surface area contributed by atoms with E-state index in [1.807, 2.05) is 0 Å². The molecule has 2 rings (SSSR count). The van der Waals surface area contributed by atoms with Crippen LogP contribution in [0.1, 0.15) is 12.1 Å². The van der Waals surface area contributed by atoms with Gasteiger partial charge in [0.05, 0.1) is 19.5 Å². The van der Waals surface area contributed by atoms with E-state index in [2.05, 4.69) is 0 Å². The Hall–Kier alpha value is -0.840. The highest BCUT2D eigenvalue weighted by atomic mass is 16.7. The number of hydrogen-bond donors (Lipinski definition) is 1. The molecular formula is C8H10O4. The zero-order chi connectivity index (χ0) is 8.39. The van der Waals surface area contributed by atoms with Gasteiger partial charge < -0.3 is 19.0 Å². The molecule has 0 aliphatic carbocycles. The molecule has 0 spiro atoms. The third kappa shape index (κ3) is 1.50. The Morgan fingerprint density at radius 3 is 2.67 bits per heavy atom. The van der Waals surface area contributed by atoms with Crippen molar-refractivity contribution in [3.63, 3.8) is 0 Å². The van der Waals surface area contributed by atoms with Crippen molar-refractivity contribution in [3.05, 3.63) is 24.2 Å². The maximum absolute atomic E-state index is 9.04. The summed E-state index contributed by atoms with van der Waals surface area (Å²) in [5.41, 5.74) is 0. The fourth-order valence-electron chi connectivity index (χ4n) is 1.08. The van der Waals surface area contributed by atoms with Crippen molar-refractivity contribution in [2.45, 2.75) is 12.4 Å². The van der Waals surface area contributed by atoms with E-state index in [9.17, 15) is 0 Å². The molecule has 0 atom stereocenters. The number of hydrogen-bond acceptors (Lipinski definition) is 4. The maximum Gasteiger partial charge on any atom is 0.217 e. The summed E-state index contributed by atoms with van der Waals surface area (Å²) in [7, 11) is 0. The van der Waals surface area contributed by atoms with Gasteiger partial charge in [-0.3, -0.25) is 0 Å². The Kier molecular flexibility index (Phi) is 2.12. The molecule has 1 aliphatic rings. The van der Waals surface area contributed by atoms with Crippen LogP contribution in [0.3, 0.4) is 0 Å².